The maximum absolute atomic E-state index is 6.32. The first-order valence-electron chi connectivity index (χ1n) is 8.12. The molecule has 0 spiro atoms. The average molecular weight is 311 g/mol. The molecule has 1 fully saturated rings. The molecule has 1 heterocycles. The Morgan fingerprint density at radius 2 is 2.00 bits per heavy atom. The molecule has 0 saturated heterocycles. The predicted octanol–water partition coefficient (Wildman–Crippen LogP) is 4.84. The highest BCUT2D eigenvalue weighted by atomic mass is 35.5. The van der Waals surface area contributed by atoms with Gasteiger partial charge in [-0.05, 0) is 37.5 Å². The molecule has 21 heavy (non-hydrogen) atoms. The topological polar surface area (TPSA) is 35.0 Å². The summed E-state index contributed by atoms with van der Waals surface area (Å²) in [5.74, 6) is 3.38. The third kappa shape index (κ3) is 3.88. The second-order valence-corrected chi connectivity index (χ2v) is 7.05. The average Bonchev–Trinajstić information content (AvgIpc) is 2.43. The second-order valence-electron chi connectivity index (χ2n) is 6.70. The molecule has 0 bridgehead atoms. The standard InChI is InChI=1S/C17H27ClN2O/c1-6-15-19-16(18)12(5)17(20-15)21-14-9-11(4)7-8-13(14)10(2)3/h10-11,13-14H,6-9H2,1-5H3. The summed E-state index contributed by atoms with van der Waals surface area (Å²) in [4.78, 5) is 8.84. The molecule has 0 amide bonds. The van der Waals surface area contributed by atoms with Crippen LogP contribution in [0.4, 0.5) is 0 Å². The molecule has 118 valence electrons. The van der Waals surface area contributed by atoms with Crippen molar-refractivity contribution in [1.82, 2.24) is 9.97 Å². The van der Waals surface area contributed by atoms with Crippen molar-refractivity contribution in [2.45, 2.75) is 66.4 Å². The molecule has 4 heteroatoms. The van der Waals surface area contributed by atoms with E-state index in [2.05, 4.69) is 30.7 Å². The van der Waals surface area contributed by atoms with Crippen LogP contribution in [-0.4, -0.2) is 16.1 Å². The molecule has 1 aliphatic rings. The Morgan fingerprint density at radius 1 is 1.29 bits per heavy atom. The van der Waals surface area contributed by atoms with Gasteiger partial charge in [0.1, 0.15) is 17.1 Å². The molecule has 3 atom stereocenters. The van der Waals surface area contributed by atoms with Gasteiger partial charge in [0.05, 0.1) is 0 Å². The fraction of sp³-hybridized carbons (Fsp3) is 0.765. The number of hydrogen-bond donors (Lipinski definition) is 0. The molecule has 1 aromatic rings. The molecule has 0 aliphatic heterocycles. The Bertz CT molecular complexity index is 490. The molecule has 1 aliphatic carbocycles. The van der Waals surface area contributed by atoms with Crippen LogP contribution >= 0.6 is 11.6 Å². The van der Waals surface area contributed by atoms with Gasteiger partial charge in [-0.3, -0.25) is 0 Å². The first kappa shape index (κ1) is 16.5. The van der Waals surface area contributed by atoms with Crippen molar-refractivity contribution in [3.8, 4) is 5.88 Å². The zero-order valence-electron chi connectivity index (χ0n) is 13.8. The van der Waals surface area contributed by atoms with Crippen LogP contribution in [0.1, 0.15) is 58.3 Å². The maximum atomic E-state index is 6.32. The highest BCUT2D eigenvalue weighted by Crippen LogP contribution is 2.36. The summed E-state index contributed by atoms with van der Waals surface area (Å²) in [6, 6.07) is 0. The molecule has 2 rings (SSSR count). The highest BCUT2D eigenvalue weighted by Gasteiger charge is 2.33. The van der Waals surface area contributed by atoms with Crippen molar-refractivity contribution in [2.75, 3.05) is 0 Å². The fourth-order valence-corrected chi connectivity index (χ4v) is 3.36. The van der Waals surface area contributed by atoms with Crippen LogP contribution in [0.3, 0.4) is 0 Å². The smallest absolute Gasteiger partial charge is 0.221 e. The highest BCUT2D eigenvalue weighted by molar-refractivity contribution is 6.30. The predicted molar refractivity (Wildman–Crippen MR) is 86.9 cm³/mol. The third-order valence-electron chi connectivity index (χ3n) is 4.63. The summed E-state index contributed by atoms with van der Waals surface area (Å²) < 4.78 is 6.32. The van der Waals surface area contributed by atoms with Gasteiger partial charge in [0.25, 0.3) is 0 Å². The van der Waals surface area contributed by atoms with Gasteiger partial charge in [0.15, 0.2) is 0 Å². The van der Waals surface area contributed by atoms with Crippen LogP contribution in [0.25, 0.3) is 0 Å². The SMILES string of the molecule is CCc1nc(Cl)c(C)c(OC2CC(C)CCC2C(C)C)n1. The second kappa shape index (κ2) is 6.95. The van der Waals surface area contributed by atoms with Crippen molar-refractivity contribution >= 4 is 11.6 Å². The summed E-state index contributed by atoms with van der Waals surface area (Å²) in [6.07, 6.45) is 4.65. The number of halogens is 1. The molecule has 3 nitrogen and oxygen atoms in total. The minimum Gasteiger partial charge on any atom is -0.474 e. The molecule has 0 radical (unpaired) electrons. The third-order valence-corrected chi connectivity index (χ3v) is 5.00. The first-order valence-corrected chi connectivity index (χ1v) is 8.49. The van der Waals surface area contributed by atoms with Gasteiger partial charge in [-0.2, -0.15) is 4.98 Å². The van der Waals surface area contributed by atoms with E-state index < -0.39 is 0 Å². The number of aryl methyl sites for hydroxylation is 1. The van der Waals surface area contributed by atoms with Crippen molar-refractivity contribution in [3.63, 3.8) is 0 Å². The normalized spacial score (nSPS) is 26.1. The van der Waals surface area contributed by atoms with E-state index in [9.17, 15) is 0 Å². The van der Waals surface area contributed by atoms with Crippen molar-refractivity contribution in [2.24, 2.45) is 17.8 Å². The van der Waals surface area contributed by atoms with Crippen LogP contribution in [0.5, 0.6) is 5.88 Å². The van der Waals surface area contributed by atoms with E-state index in [1.165, 1.54) is 12.8 Å². The van der Waals surface area contributed by atoms with E-state index in [-0.39, 0.29) is 6.10 Å². The van der Waals surface area contributed by atoms with E-state index in [0.29, 0.717) is 28.8 Å². The number of nitrogens with zero attached hydrogens (tertiary/aromatic N) is 2. The van der Waals surface area contributed by atoms with Gasteiger partial charge in [0.2, 0.25) is 5.88 Å². The largest absolute Gasteiger partial charge is 0.474 e. The minimum atomic E-state index is 0.239. The monoisotopic (exact) mass is 310 g/mol. The van der Waals surface area contributed by atoms with E-state index in [1.54, 1.807) is 0 Å². The van der Waals surface area contributed by atoms with Crippen LogP contribution in [0.15, 0.2) is 0 Å². The zero-order chi connectivity index (χ0) is 15.6. The van der Waals surface area contributed by atoms with E-state index in [0.717, 1.165) is 24.2 Å². The van der Waals surface area contributed by atoms with Crippen LogP contribution in [0.2, 0.25) is 5.15 Å². The zero-order valence-corrected chi connectivity index (χ0v) is 14.6. The lowest BCUT2D eigenvalue weighted by atomic mass is 9.75. The molecular weight excluding hydrogens is 284 g/mol. The van der Waals surface area contributed by atoms with Crippen LogP contribution < -0.4 is 4.74 Å². The molecule has 3 unspecified atom stereocenters. The number of aromatic nitrogens is 2. The summed E-state index contributed by atoms with van der Waals surface area (Å²) in [5.41, 5.74) is 0.856. The Morgan fingerprint density at radius 3 is 2.62 bits per heavy atom. The van der Waals surface area contributed by atoms with E-state index in [1.807, 2.05) is 13.8 Å². The van der Waals surface area contributed by atoms with Gasteiger partial charge in [0, 0.05) is 12.0 Å². The Balaban J connectivity index is 2.24. The van der Waals surface area contributed by atoms with Gasteiger partial charge in [-0.15, -0.1) is 0 Å². The summed E-state index contributed by atoms with van der Waals surface area (Å²) >= 11 is 6.21. The molecule has 0 aromatic carbocycles. The Kier molecular flexibility index (Phi) is 5.48. The number of ether oxygens (including phenoxy) is 1. The molecule has 1 aromatic heterocycles. The fourth-order valence-electron chi connectivity index (χ4n) is 3.18. The lowest BCUT2D eigenvalue weighted by molar-refractivity contribution is 0.0418. The number of rotatable bonds is 4. The Labute approximate surface area is 133 Å². The minimum absolute atomic E-state index is 0.239. The molecule has 0 N–H and O–H groups in total. The first-order chi connectivity index (χ1) is 9.92. The van der Waals surface area contributed by atoms with Gasteiger partial charge >= 0.3 is 0 Å². The summed E-state index contributed by atoms with van der Waals surface area (Å²) in [7, 11) is 0. The lowest BCUT2D eigenvalue weighted by Crippen LogP contribution is -2.36. The Hall–Kier alpha value is -0.830. The molecule has 1 saturated carbocycles. The van der Waals surface area contributed by atoms with Crippen LogP contribution in [-0.2, 0) is 6.42 Å². The van der Waals surface area contributed by atoms with E-state index in [4.69, 9.17) is 16.3 Å². The van der Waals surface area contributed by atoms with Gasteiger partial charge < -0.3 is 4.74 Å². The maximum Gasteiger partial charge on any atom is 0.221 e. The molecular formula is C17H27ClN2O. The van der Waals surface area contributed by atoms with Gasteiger partial charge in [-0.1, -0.05) is 45.7 Å². The lowest BCUT2D eigenvalue weighted by Gasteiger charge is -2.37. The summed E-state index contributed by atoms with van der Waals surface area (Å²) in [5, 5.41) is 0.516. The van der Waals surface area contributed by atoms with E-state index >= 15 is 0 Å². The van der Waals surface area contributed by atoms with Crippen molar-refractivity contribution in [3.05, 3.63) is 16.5 Å². The number of hydrogen-bond acceptors (Lipinski definition) is 3. The van der Waals surface area contributed by atoms with Crippen LogP contribution in [0, 0.1) is 24.7 Å². The van der Waals surface area contributed by atoms with Crippen molar-refractivity contribution in [1.29, 1.82) is 0 Å². The summed E-state index contributed by atoms with van der Waals surface area (Å²) in [6.45, 7) is 10.9. The van der Waals surface area contributed by atoms with Gasteiger partial charge in [-0.25, -0.2) is 4.98 Å². The quantitative estimate of drug-likeness (QED) is 0.746. The van der Waals surface area contributed by atoms with Crippen molar-refractivity contribution < 1.29 is 4.74 Å².